The second kappa shape index (κ2) is 5.48. The Labute approximate surface area is 110 Å². The van der Waals surface area contributed by atoms with E-state index >= 15 is 0 Å². The van der Waals surface area contributed by atoms with Crippen LogP contribution in [0.25, 0.3) is 0 Å². The van der Waals surface area contributed by atoms with Gasteiger partial charge in [0.25, 0.3) is 0 Å². The number of hydrogen-bond donors (Lipinski definition) is 0. The zero-order valence-electron chi connectivity index (χ0n) is 9.51. The molecule has 0 spiro atoms. The first-order valence-electron chi connectivity index (χ1n) is 5.46. The smallest absolute Gasteiger partial charge is 0.185 e. The van der Waals surface area contributed by atoms with E-state index in [-0.39, 0.29) is 5.78 Å². The number of hydrogen-bond acceptors (Lipinski definition) is 2. The van der Waals surface area contributed by atoms with Crippen LogP contribution in [0.5, 0.6) is 0 Å². The lowest BCUT2D eigenvalue weighted by molar-refractivity contribution is 0.0987. The molecule has 0 aliphatic carbocycles. The number of rotatable bonds is 3. The third kappa shape index (κ3) is 2.58. The molecule has 1 unspecified atom stereocenters. The van der Waals surface area contributed by atoms with E-state index in [9.17, 15) is 4.79 Å². The van der Waals surface area contributed by atoms with Crippen LogP contribution in [-0.2, 0) is 0 Å². The summed E-state index contributed by atoms with van der Waals surface area (Å²) in [5, 5.41) is 8.08. The largest absolute Gasteiger partial charge is 0.292 e. The lowest BCUT2D eigenvalue weighted by atomic mass is 10.0. The molecule has 0 aliphatic heterocycles. The standard InChI is InChI=1S/C15H10ClNO/c16-14(12-6-2-1-3-7-12)15(18)13-8-4-5-11(9-13)10-17/h1-9,14H. The van der Waals surface area contributed by atoms with Crippen molar-refractivity contribution in [1.82, 2.24) is 0 Å². The highest BCUT2D eigenvalue weighted by Crippen LogP contribution is 2.25. The average molecular weight is 256 g/mol. The fourth-order valence-electron chi connectivity index (χ4n) is 1.66. The molecule has 0 radical (unpaired) electrons. The zero-order valence-corrected chi connectivity index (χ0v) is 10.3. The van der Waals surface area contributed by atoms with Gasteiger partial charge in [-0.25, -0.2) is 0 Å². The first kappa shape index (κ1) is 12.3. The van der Waals surface area contributed by atoms with Gasteiger partial charge in [-0.3, -0.25) is 4.79 Å². The van der Waals surface area contributed by atoms with Gasteiger partial charge in [-0.05, 0) is 17.7 Å². The quantitative estimate of drug-likeness (QED) is 0.619. The minimum absolute atomic E-state index is 0.194. The fraction of sp³-hybridized carbons (Fsp3) is 0.0667. The molecule has 0 saturated carbocycles. The Morgan fingerprint density at radius 1 is 1.11 bits per heavy atom. The van der Waals surface area contributed by atoms with Crippen molar-refractivity contribution in [3.05, 3.63) is 71.3 Å². The number of carbonyl (C=O) groups is 1. The van der Waals surface area contributed by atoms with E-state index in [4.69, 9.17) is 16.9 Å². The highest BCUT2D eigenvalue weighted by molar-refractivity contribution is 6.33. The summed E-state index contributed by atoms with van der Waals surface area (Å²) in [5.74, 6) is -0.194. The second-order valence-electron chi connectivity index (χ2n) is 3.83. The number of ketones is 1. The van der Waals surface area contributed by atoms with E-state index < -0.39 is 5.38 Å². The van der Waals surface area contributed by atoms with Gasteiger partial charge < -0.3 is 0 Å². The van der Waals surface area contributed by atoms with E-state index in [0.29, 0.717) is 11.1 Å². The lowest BCUT2D eigenvalue weighted by Gasteiger charge is -2.08. The monoisotopic (exact) mass is 255 g/mol. The molecule has 2 aromatic carbocycles. The van der Waals surface area contributed by atoms with Crippen molar-refractivity contribution < 1.29 is 4.79 Å². The zero-order chi connectivity index (χ0) is 13.0. The number of Topliss-reactive ketones (excluding diaryl/α,β-unsaturated/α-hetero) is 1. The maximum Gasteiger partial charge on any atom is 0.185 e. The molecular formula is C15H10ClNO. The Morgan fingerprint density at radius 3 is 2.50 bits per heavy atom. The van der Waals surface area contributed by atoms with Gasteiger partial charge in [0.1, 0.15) is 5.38 Å². The van der Waals surface area contributed by atoms with Gasteiger partial charge in [0, 0.05) is 5.56 Å². The van der Waals surface area contributed by atoms with Crippen LogP contribution in [0.3, 0.4) is 0 Å². The van der Waals surface area contributed by atoms with Crippen molar-refractivity contribution in [1.29, 1.82) is 5.26 Å². The van der Waals surface area contributed by atoms with Crippen LogP contribution < -0.4 is 0 Å². The van der Waals surface area contributed by atoms with Gasteiger partial charge in [-0.15, -0.1) is 11.6 Å². The Balaban J connectivity index is 2.29. The van der Waals surface area contributed by atoms with Crippen LogP contribution >= 0.6 is 11.6 Å². The summed E-state index contributed by atoms with van der Waals surface area (Å²) in [7, 11) is 0. The summed E-state index contributed by atoms with van der Waals surface area (Å²) in [6.07, 6.45) is 0. The Bertz CT molecular complexity index is 601. The third-order valence-corrected chi connectivity index (χ3v) is 3.05. The van der Waals surface area contributed by atoms with Crippen LogP contribution in [0.4, 0.5) is 0 Å². The molecule has 0 aliphatic rings. The van der Waals surface area contributed by atoms with Crippen molar-refractivity contribution >= 4 is 17.4 Å². The van der Waals surface area contributed by atoms with Crippen molar-refractivity contribution in [2.45, 2.75) is 5.38 Å². The molecule has 0 fully saturated rings. The molecule has 2 aromatic rings. The van der Waals surface area contributed by atoms with Crippen molar-refractivity contribution in [2.24, 2.45) is 0 Å². The van der Waals surface area contributed by atoms with Crippen LogP contribution in [0.1, 0.15) is 26.9 Å². The van der Waals surface area contributed by atoms with Gasteiger partial charge in [-0.1, -0.05) is 42.5 Å². The number of nitrogens with zero attached hydrogens (tertiary/aromatic N) is 1. The lowest BCUT2D eigenvalue weighted by Crippen LogP contribution is -2.07. The number of benzene rings is 2. The summed E-state index contributed by atoms with van der Waals surface area (Å²) in [6, 6.07) is 17.7. The first-order chi connectivity index (χ1) is 8.72. The highest BCUT2D eigenvalue weighted by atomic mass is 35.5. The summed E-state index contributed by atoms with van der Waals surface area (Å²) in [6.45, 7) is 0. The SMILES string of the molecule is N#Cc1cccc(C(=O)C(Cl)c2ccccc2)c1. The third-order valence-electron chi connectivity index (χ3n) is 2.60. The highest BCUT2D eigenvalue weighted by Gasteiger charge is 2.19. The summed E-state index contributed by atoms with van der Waals surface area (Å²) in [4.78, 5) is 12.2. The molecule has 0 aromatic heterocycles. The molecule has 0 saturated heterocycles. The van der Waals surface area contributed by atoms with E-state index in [1.165, 1.54) is 0 Å². The Kier molecular flexibility index (Phi) is 3.76. The van der Waals surface area contributed by atoms with Crippen LogP contribution in [0.15, 0.2) is 54.6 Å². The van der Waals surface area contributed by atoms with E-state index in [1.807, 2.05) is 36.4 Å². The maximum absolute atomic E-state index is 12.2. The van der Waals surface area contributed by atoms with Gasteiger partial charge in [0.2, 0.25) is 0 Å². The predicted octanol–water partition coefficient (Wildman–Crippen LogP) is 3.72. The number of alkyl halides is 1. The maximum atomic E-state index is 12.2. The molecule has 0 heterocycles. The van der Waals surface area contributed by atoms with Gasteiger partial charge >= 0.3 is 0 Å². The normalized spacial score (nSPS) is 11.6. The molecule has 1 atom stereocenters. The van der Waals surface area contributed by atoms with Gasteiger partial charge in [0.15, 0.2) is 5.78 Å². The van der Waals surface area contributed by atoms with Crippen LogP contribution in [0, 0.1) is 11.3 Å². The molecular weight excluding hydrogens is 246 g/mol. The molecule has 2 rings (SSSR count). The van der Waals surface area contributed by atoms with Crippen molar-refractivity contribution in [3.8, 4) is 6.07 Å². The average Bonchev–Trinajstić information content (AvgIpc) is 2.46. The van der Waals surface area contributed by atoms with Crippen LogP contribution in [-0.4, -0.2) is 5.78 Å². The number of halogens is 1. The molecule has 18 heavy (non-hydrogen) atoms. The minimum atomic E-state index is -0.722. The molecule has 0 N–H and O–H groups in total. The Morgan fingerprint density at radius 2 is 1.83 bits per heavy atom. The Hall–Kier alpha value is -2.11. The molecule has 3 heteroatoms. The van der Waals surface area contributed by atoms with E-state index in [2.05, 4.69) is 0 Å². The minimum Gasteiger partial charge on any atom is -0.292 e. The van der Waals surface area contributed by atoms with Crippen LogP contribution in [0.2, 0.25) is 0 Å². The topological polar surface area (TPSA) is 40.9 Å². The molecule has 0 bridgehead atoms. The number of nitriles is 1. The molecule has 2 nitrogen and oxygen atoms in total. The summed E-state index contributed by atoms with van der Waals surface area (Å²) in [5.41, 5.74) is 1.67. The van der Waals surface area contributed by atoms with Gasteiger partial charge in [-0.2, -0.15) is 5.26 Å². The number of carbonyl (C=O) groups excluding carboxylic acids is 1. The van der Waals surface area contributed by atoms with Crippen molar-refractivity contribution in [2.75, 3.05) is 0 Å². The second-order valence-corrected chi connectivity index (χ2v) is 4.27. The molecule has 0 amide bonds. The first-order valence-corrected chi connectivity index (χ1v) is 5.89. The fourth-order valence-corrected chi connectivity index (χ4v) is 1.93. The van der Waals surface area contributed by atoms with Gasteiger partial charge in [0.05, 0.1) is 11.6 Å². The van der Waals surface area contributed by atoms with E-state index in [1.54, 1.807) is 24.3 Å². The van der Waals surface area contributed by atoms with Crippen molar-refractivity contribution in [3.63, 3.8) is 0 Å². The summed E-state index contributed by atoms with van der Waals surface area (Å²) >= 11 is 6.15. The predicted molar refractivity (Wildman–Crippen MR) is 70.5 cm³/mol. The molecule has 88 valence electrons. The summed E-state index contributed by atoms with van der Waals surface area (Å²) < 4.78 is 0. The van der Waals surface area contributed by atoms with E-state index in [0.717, 1.165) is 5.56 Å².